The van der Waals surface area contributed by atoms with Gasteiger partial charge in [0.05, 0.1) is 5.01 Å². The fourth-order valence-corrected chi connectivity index (χ4v) is 5.47. The fraction of sp³-hybridized carbons (Fsp3) is 0.500. The number of hydrogen-bond acceptors (Lipinski definition) is 6. The Kier molecular flexibility index (Phi) is 7.36. The molecule has 0 bridgehead atoms. The van der Waals surface area contributed by atoms with Crippen LogP contribution in [0.25, 0.3) is 0 Å². The molecule has 1 saturated carbocycles. The zero-order valence-corrected chi connectivity index (χ0v) is 19.3. The lowest BCUT2D eigenvalue weighted by Crippen LogP contribution is -2.42. The number of pyridine rings is 1. The van der Waals surface area contributed by atoms with E-state index in [9.17, 15) is 14.4 Å². The number of halogens is 1. The predicted octanol–water partition coefficient (Wildman–Crippen LogP) is 3.55. The third-order valence-electron chi connectivity index (χ3n) is 6.14. The third-order valence-corrected chi connectivity index (χ3v) is 7.36. The molecule has 3 heterocycles. The molecule has 0 unspecified atom stereocenters. The van der Waals surface area contributed by atoms with Crippen molar-refractivity contribution in [2.45, 2.75) is 50.9 Å². The Hall–Kier alpha value is -2.52. The highest BCUT2D eigenvalue weighted by molar-refractivity contribution is 7.09. The zero-order valence-electron chi connectivity index (χ0n) is 17.7. The molecule has 10 heteroatoms. The summed E-state index contributed by atoms with van der Waals surface area (Å²) in [5.74, 6) is -0.216. The van der Waals surface area contributed by atoms with E-state index in [1.165, 1.54) is 36.1 Å². The molecular weight excluding hydrogens is 450 g/mol. The first-order valence-corrected chi connectivity index (χ1v) is 12.2. The van der Waals surface area contributed by atoms with Gasteiger partial charge in [0.1, 0.15) is 10.8 Å². The molecule has 2 aliphatic rings. The Morgan fingerprint density at radius 3 is 2.47 bits per heavy atom. The van der Waals surface area contributed by atoms with Gasteiger partial charge in [-0.2, -0.15) is 0 Å². The Morgan fingerprint density at radius 1 is 1.03 bits per heavy atom. The van der Waals surface area contributed by atoms with Gasteiger partial charge in [0.2, 0.25) is 5.91 Å². The molecule has 1 aliphatic carbocycles. The van der Waals surface area contributed by atoms with Crippen LogP contribution in [0.5, 0.6) is 0 Å². The maximum Gasteiger partial charge on any atom is 0.289 e. The van der Waals surface area contributed by atoms with Crippen LogP contribution in [0.3, 0.4) is 0 Å². The lowest BCUT2D eigenvalue weighted by Gasteiger charge is -2.34. The first-order chi connectivity index (χ1) is 15.5. The van der Waals surface area contributed by atoms with Crippen molar-refractivity contribution >= 4 is 40.7 Å². The standard InChI is InChI=1S/C22H26ClN5O3S/c23-18-12-16(6-9-24-18)19(29)26-27-20(30)17-13-32-21(25-17)14-7-10-28(11-8-14)22(31)15-4-2-1-3-5-15/h6,9,12-15H,1-5,7-8,10-11H2,(H,26,29)(H,27,30). The minimum absolute atomic E-state index is 0.194. The van der Waals surface area contributed by atoms with Crippen LogP contribution in [0.1, 0.15) is 76.7 Å². The quantitative estimate of drug-likeness (QED) is 0.519. The van der Waals surface area contributed by atoms with Gasteiger partial charge in [-0.05, 0) is 37.8 Å². The first kappa shape index (κ1) is 22.7. The van der Waals surface area contributed by atoms with E-state index in [4.69, 9.17) is 11.6 Å². The Bertz CT molecular complexity index is 983. The first-order valence-electron chi connectivity index (χ1n) is 11.0. The second kappa shape index (κ2) is 10.4. The minimum Gasteiger partial charge on any atom is -0.342 e. The molecule has 8 nitrogen and oxygen atoms in total. The molecule has 0 radical (unpaired) electrons. The maximum absolute atomic E-state index is 12.8. The van der Waals surface area contributed by atoms with Gasteiger partial charge in [0.25, 0.3) is 11.8 Å². The van der Waals surface area contributed by atoms with Crippen molar-refractivity contribution < 1.29 is 14.4 Å². The van der Waals surface area contributed by atoms with Crippen LogP contribution in [-0.4, -0.2) is 45.7 Å². The summed E-state index contributed by atoms with van der Waals surface area (Å²) in [4.78, 5) is 47.6. The third kappa shape index (κ3) is 5.45. The highest BCUT2D eigenvalue weighted by Gasteiger charge is 2.30. The highest BCUT2D eigenvalue weighted by atomic mass is 35.5. The zero-order chi connectivity index (χ0) is 22.5. The molecule has 2 fully saturated rings. The second-order valence-electron chi connectivity index (χ2n) is 8.28. The highest BCUT2D eigenvalue weighted by Crippen LogP contribution is 2.32. The number of amides is 3. The van der Waals surface area contributed by atoms with E-state index in [-0.39, 0.29) is 22.7 Å². The lowest BCUT2D eigenvalue weighted by molar-refractivity contribution is -0.137. The number of nitrogens with zero attached hydrogens (tertiary/aromatic N) is 3. The van der Waals surface area contributed by atoms with Crippen molar-refractivity contribution in [3.8, 4) is 0 Å². The van der Waals surface area contributed by atoms with Gasteiger partial charge >= 0.3 is 0 Å². The minimum atomic E-state index is -0.492. The summed E-state index contributed by atoms with van der Waals surface area (Å²) < 4.78 is 0. The molecule has 1 saturated heterocycles. The number of likely N-dealkylation sites (tertiary alicyclic amines) is 1. The van der Waals surface area contributed by atoms with Gasteiger partial charge in [-0.15, -0.1) is 11.3 Å². The van der Waals surface area contributed by atoms with Crippen LogP contribution < -0.4 is 10.9 Å². The Balaban J connectivity index is 1.27. The number of hydrazine groups is 1. The van der Waals surface area contributed by atoms with Crippen LogP contribution in [0.15, 0.2) is 23.7 Å². The molecule has 32 heavy (non-hydrogen) atoms. The van der Waals surface area contributed by atoms with Crippen LogP contribution in [0.2, 0.25) is 5.15 Å². The summed E-state index contributed by atoms with van der Waals surface area (Å²) in [6, 6.07) is 2.91. The van der Waals surface area contributed by atoms with E-state index in [1.807, 2.05) is 4.90 Å². The molecule has 0 aromatic carbocycles. The van der Waals surface area contributed by atoms with Crippen molar-refractivity contribution in [3.63, 3.8) is 0 Å². The molecule has 2 aromatic rings. The van der Waals surface area contributed by atoms with Gasteiger partial charge in [0, 0.05) is 42.1 Å². The number of aromatic nitrogens is 2. The van der Waals surface area contributed by atoms with Crippen molar-refractivity contribution in [2.75, 3.05) is 13.1 Å². The van der Waals surface area contributed by atoms with E-state index >= 15 is 0 Å². The number of piperidine rings is 1. The van der Waals surface area contributed by atoms with Crippen LogP contribution in [0, 0.1) is 5.92 Å². The molecule has 0 spiro atoms. The molecular formula is C22H26ClN5O3S. The molecule has 2 aromatic heterocycles. The lowest BCUT2D eigenvalue weighted by atomic mass is 9.87. The molecule has 2 N–H and O–H groups in total. The molecule has 4 rings (SSSR count). The average molecular weight is 476 g/mol. The van der Waals surface area contributed by atoms with Crippen molar-refractivity contribution in [1.82, 2.24) is 25.7 Å². The predicted molar refractivity (Wildman–Crippen MR) is 121 cm³/mol. The number of carbonyl (C=O) groups excluding carboxylic acids is 3. The van der Waals surface area contributed by atoms with Crippen LogP contribution in [-0.2, 0) is 4.79 Å². The van der Waals surface area contributed by atoms with E-state index in [0.29, 0.717) is 11.5 Å². The van der Waals surface area contributed by atoms with Gasteiger partial charge in [-0.3, -0.25) is 25.2 Å². The van der Waals surface area contributed by atoms with Crippen LogP contribution in [0.4, 0.5) is 0 Å². The van der Waals surface area contributed by atoms with Crippen molar-refractivity contribution in [1.29, 1.82) is 0 Å². The number of thiazole rings is 1. The molecule has 3 amide bonds. The average Bonchev–Trinajstić information content (AvgIpc) is 3.33. The topological polar surface area (TPSA) is 104 Å². The Labute approximate surface area is 195 Å². The second-order valence-corrected chi connectivity index (χ2v) is 9.56. The van der Waals surface area contributed by atoms with E-state index in [2.05, 4.69) is 20.8 Å². The summed E-state index contributed by atoms with van der Waals surface area (Å²) in [6.45, 7) is 1.48. The van der Waals surface area contributed by atoms with Gasteiger partial charge in [-0.25, -0.2) is 9.97 Å². The van der Waals surface area contributed by atoms with E-state index in [0.717, 1.165) is 56.6 Å². The smallest absolute Gasteiger partial charge is 0.289 e. The number of rotatable bonds is 4. The normalized spacial score (nSPS) is 17.7. The Morgan fingerprint density at radius 2 is 1.75 bits per heavy atom. The van der Waals surface area contributed by atoms with Gasteiger partial charge < -0.3 is 4.90 Å². The van der Waals surface area contributed by atoms with Gasteiger partial charge in [-0.1, -0.05) is 30.9 Å². The van der Waals surface area contributed by atoms with Crippen molar-refractivity contribution in [2.24, 2.45) is 5.92 Å². The summed E-state index contributed by atoms with van der Waals surface area (Å²) in [5, 5.41) is 2.78. The molecule has 0 atom stereocenters. The fourth-order valence-electron chi connectivity index (χ4n) is 4.33. The summed E-state index contributed by atoms with van der Waals surface area (Å²) >= 11 is 7.22. The van der Waals surface area contributed by atoms with E-state index < -0.39 is 11.8 Å². The summed E-state index contributed by atoms with van der Waals surface area (Å²) in [5.41, 5.74) is 5.29. The number of nitrogens with one attached hydrogen (secondary N) is 2. The van der Waals surface area contributed by atoms with Crippen LogP contribution >= 0.6 is 22.9 Å². The molecule has 1 aliphatic heterocycles. The van der Waals surface area contributed by atoms with Gasteiger partial charge in [0.15, 0.2) is 0 Å². The summed E-state index contributed by atoms with van der Waals surface area (Å²) in [7, 11) is 0. The maximum atomic E-state index is 12.8. The monoisotopic (exact) mass is 475 g/mol. The molecule has 170 valence electrons. The largest absolute Gasteiger partial charge is 0.342 e. The summed E-state index contributed by atoms with van der Waals surface area (Å²) in [6.07, 6.45) is 8.73. The number of hydrogen-bond donors (Lipinski definition) is 2. The van der Waals surface area contributed by atoms with E-state index in [1.54, 1.807) is 5.38 Å². The van der Waals surface area contributed by atoms with Crippen molar-refractivity contribution in [3.05, 3.63) is 45.1 Å². The number of carbonyl (C=O) groups is 3. The SMILES string of the molecule is O=C(NNC(=O)c1csc(C2CCN(C(=O)C3CCCCC3)CC2)n1)c1ccnc(Cl)c1.